The van der Waals surface area contributed by atoms with E-state index in [1.54, 1.807) is 24.3 Å². The smallest absolute Gasteiger partial charge is 0.149 e. The molecule has 94 valence electrons. The van der Waals surface area contributed by atoms with Gasteiger partial charge in [-0.25, -0.2) is 18.7 Å². The lowest BCUT2D eigenvalue weighted by molar-refractivity contribution is 0.628. The van der Waals surface area contributed by atoms with E-state index in [9.17, 15) is 8.78 Å². The maximum atomic E-state index is 13.6. The molecule has 0 bridgehead atoms. The van der Waals surface area contributed by atoms with Gasteiger partial charge in [0.05, 0.1) is 0 Å². The maximum Gasteiger partial charge on any atom is 0.149 e. The van der Waals surface area contributed by atoms with E-state index in [1.807, 2.05) is 0 Å². The van der Waals surface area contributed by atoms with Crippen LogP contribution in [0.4, 0.5) is 20.3 Å². The van der Waals surface area contributed by atoms with E-state index >= 15 is 0 Å². The summed E-state index contributed by atoms with van der Waals surface area (Å²) in [6.45, 7) is 0. The number of halogens is 2. The van der Waals surface area contributed by atoms with Gasteiger partial charge >= 0.3 is 0 Å². The molecule has 1 heterocycles. The lowest BCUT2D eigenvalue weighted by atomic mass is 10.2. The van der Waals surface area contributed by atoms with E-state index in [-0.39, 0.29) is 11.3 Å². The van der Waals surface area contributed by atoms with Crippen LogP contribution in [-0.4, -0.2) is 9.97 Å². The molecular weight excluding hydrogens is 248 g/mol. The van der Waals surface area contributed by atoms with Crippen molar-refractivity contribution in [1.82, 2.24) is 9.97 Å². The maximum absolute atomic E-state index is 13.6. The van der Waals surface area contributed by atoms with Crippen molar-refractivity contribution in [3.05, 3.63) is 60.4 Å². The largest absolute Gasteiger partial charge is 0.340 e. The molecule has 0 fully saturated rings. The second-order valence-corrected chi connectivity index (χ2v) is 3.99. The van der Waals surface area contributed by atoms with Crippen LogP contribution in [0.15, 0.2) is 48.8 Å². The molecule has 0 radical (unpaired) electrons. The van der Waals surface area contributed by atoms with Crippen molar-refractivity contribution in [2.24, 2.45) is 0 Å². The van der Waals surface area contributed by atoms with Crippen molar-refractivity contribution in [3.63, 3.8) is 0 Å². The van der Waals surface area contributed by atoms with Crippen LogP contribution in [-0.2, 0) is 0 Å². The highest BCUT2D eigenvalue weighted by molar-refractivity contribution is 5.90. The van der Waals surface area contributed by atoms with E-state index in [2.05, 4.69) is 15.3 Å². The van der Waals surface area contributed by atoms with Crippen LogP contribution >= 0.6 is 0 Å². The average Bonchev–Trinajstić information content (AvgIpc) is 2.40. The van der Waals surface area contributed by atoms with Crippen molar-refractivity contribution in [3.8, 4) is 0 Å². The molecule has 19 heavy (non-hydrogen) atoms. The van der Waals surface area contributed by atoms with Gasteiger partial charge in [-0.15, -0.1) is 0 Å². The third-order valence-electron chi connectivity index (χ3n) is 2.70. The molecule has 0 aliphatic heterocycles. The monoisotopic (exact) mass is 257 g/mol. The Labute approximate surface area is 107 Å². The summed E-state index contributed by atoms with van der Waals surface area (Å²) in [7, 11) is 0. The highest BCUT2D eigenvalue weighted by atomic mass is 19.1. The van der Waals surface area contributed by atoms with Crippen molar-refractivity contribution < 1.29 is 8.78 Å². The second-order valence-electron chi connectivity index (χ2n) is 3.99. The molecule has 5 heteroatoms. The molecule has 0 aliphatic carbocycles. The molecule has 1 N–H and O–H groups in total. The van der Waals surface area contributed by atoms with Crippen LogP contribution < -0.4 is 5.32 Å². The number of nitrogens with one attached hydrogen (secondary N) is 1. The first kappa shape index (κ1) is 11.5. The summed E-state index contributed by atoms with van der Waals surface area (Å²) in [6, 6.07) is 10.6. The van der Waals surface area contributed by atoms with Gasteiger partial charge in [-0.05, 0) is 30.3 Å². The number of rotatable bonds is 2. The molecule has 3 nitrogen and oxygen atoms in total. The van der Waals surface area contributed by atoms with Gasteiger partial charge in [0.25, 0.3) is 0 Å². The fraction of sp³-hybridized carbons (Fsp3) is 0. The second kappa shape index (κ2) is 4.61. The van der Waals surface area contributed by atoms with Gasteiger partial charge in [0, 0.05) is 11.1 Å². The Bertz CT molecular complexity index is 744. The predicted molar refractivity (Wildman–Crippen MR) is 69.2 cm³/mol. The Kier molecular flexibility index (Phi) is 2.79. The van der Waals surface area contributed by atoms with E-state index in [4.69, 9.17) is 0 Å². The Morgan fingerprint density at radius 1 is 0.947 bits per heavy atom. The summed E-state index contributed by atoms with van der Waals surface area (Å²) >= 11 is 0. The van der Waals surface area contributed by atoms with Gasteiger partial charge < -0.3 is 5.32 Å². The van der Waals surface area contributed by atoms with Crippen molar-refractivity contribution >= 4 is 22.4 Å². The predicted octanol–water partition coefficient (Wildman–Crippen LogP) is 3.65. The SMILES string of the molecule is Fc1cccc(Nc2ncnc3c(F)cccc23)c1. The summed E-state index contributed by atoms with van der Waals surface area (Å²) in [5, 5.41) is 3.51. The molecule has 0 unspecified atom stereocenters. The highest BCUT2D eigenvalue weighted by Crippen LogP contribution is 2.24. The number of aromatic nitrogens is 2. The first-order chi connectivity index (χ1) is 9.24. The normalized spacial score (nSPS) is 10.6. The van der Waals surface area contributed by atoms with E-state index < -0.39 is 5.82 Å². The van der Waals surface area contributed by atoms with Crippen LogP contribution in [0, 0.1) is 11.6 Å². The number of nitrogens with zero attached hydrogens (tertiary/aromatic N) is 2. The van der Waals surface area contributed by atoms with Crippen molar-refractivity contribution in [1.29, 1.82) is 0 Å². The van der Waals surface area contributed by atoms with Crippen LogP contribution in [0.25, 0.3) is 10.9 Å². The first-order valence-electron chi connectivity index (χ1n) is 5.66. The van der Waals surface area contributed by atoms with Gasteiger partial charge in [0.1, 0.15) is 29.3 Å². The molecule has 2 aromatic carbocycles. The van der Waals surface area contributed by atoms with Gasteiger partial charge in [-0.2, -0.15) is 0 Å². The van der Waals surface area contributed by atoms with E-state index in [1.165, 1.54) is 24.5 Å². The van der Waals surface area contributed by atoms with Crippen LogP contribution in [0.3, 0.4) is 0 Å². The highest BCUT2D eigenvalue weighted by Gasteiger charge is 2.07. The first-order valence-corrected chi connectivity index (χ1v) is 5.66. The number of fused-ring (bicyclic) bond motifs is 1. The minimum atomic E-state index is -0.415. The molecular formula is C14H9F2N3. The van der Waals surface area contributed by atoms with Crippen molar-refractivity contribution in [2.45, 2.75) is 0 Å². The molecule has 1 aromatic heterocycles. The fourth-order valence-electron chi connectivity index (χ4n) is 1.85. The molecule has 0 amide bonds. The van der Waals surface area contributed by atoms with Gasteiger partial charge in [0.2, 0.25) is 0 Å². The van der Waals surface area contributed by atoms with Gasteiger partial charge in [-0.1, -0.05) is 12.1 Å². The van der Waals surface area contributed by atoms with E-state index in [0.717, 1.165) is 0 Å². The average molecular weight is 257 g/mol. The number of para-hydroxylation sites is 1. The molecule has 3 rings (SSSR count). The van der Waals surface area contributed by atoms with Crippen molar-refractivity contribution in [2.75, 3.05) is 5.32 Å². The molecule has 0 aliphatic rings. The Balaban J connectivity index is 2.08. The Morgan fingerprint density at radius 3 is 2.63 bits per heavy atom. The zero-order valence-corrected chi connectivity index (χ0v) is 9.77. The number of benzene rings is 2. The molecule has 0 spiro atoms. The molecule has 0 atom stereocenters. The summed E-state index contributed by atoms with van der Waals surface area (Å²) in [5.41, 5.74) is 0.778. The zero-order chi connectivity index (χ0) is 13.2. The minimum absolute atomic E-state index is 0.233. The third-order valence-corrected chi connectivity index (χ3v) is 2.70. The third kappa shape index (κ3) is 2.22. The zero-order valence-electron chi connectivity index (χ0n) is 9.77. The lowest BCUT2D eigenvalue weighted by Gasteiger charge is -2.08. The summed E-state index contributed by atoms with van der Waals surface area (Å²) in [4.78, 5) is 7.96. The van der Waals surface area contributed by atoms with Gasteiger partial charge in [-0.3, -0.25) is 0 Å². The van der Waals surface area contributed by atoms with Gasteiger partial charge in [0.15, 0.2) is 0 Å². The van der Waals surface area contributed by atoms with Crippen LogP contribution in [0.1, 0.15) is 0 Å². The quantitative estimate of drug-likeness (QED) is 0.761. The summed E-state index contributed by atoms with van der Waals surface area (Å²) in [6.07, 6.45) is 1.27. The van der Waals surface area contributed by atoms with Crippen LogP contribution in [0.5, 0.6) is 0 Å². The summed E-state index contributed by atoms with van der Waals surface area (Å²) < 4.78 is 26.7. The fourth-order valence-corrected chi connectivity index (χ4v) is 1.85. The minimum Gasteiger partial charge on any atom is -0.340 e. The number of hydrogen-bond donors (Lipinski definition) is 1. The molecule has 0 saturated carbocycles. The summed E-state index contributed by atoms with van der Waals surface area (Å²) in [5.74, 6) is -0.327. The Morgan fingerprint density at radius 2 is 1.79 bits per heavy atom. The van der Waals surface area contributed by atoms with Crippen LogP contribution in [0.2, 0.25) is 0 Å². The number of hydrogen-bond acceptors (Lipinski definition) is 3. The molecule has 3 aromatic rings. The number of anilines is 2. The lowest BCUT2D eigenvalue weighted by Crippen LogP contribution is -1.97. The standard InChI is InChI=1S/C14H9F2N3/c15-9-3-1-4-10(7-9)19-14-11-5-2-6-12(16)13(11)17-8-18-14/h1-8H,(H,17,18,19). The Hall–Kier alpha value is -2.56. The topological polar surface area (TPSA) is 37.8 Å². The molecule has 0 saturated heterocycles. The van der Waals surface area contributed by atoms with E-state index in [0.29, 0.717) is 16.9 Å².